The molecule has 0 bridgehead atoms. The lowest BCUT2D eigenvalue weighted by atomic mass is 9.85. The van der Waals surface area contributed by atoms with Gasteiger partial charge in [0, 0.05) is 12.5 Å². The molecule has 1 aromatic rings. The predicted octanol–water partition coefficient (Wildman–Crippen LogP) is 3.57. The number of amides is 1. The highest BCUT2D eigenvalue weighted by Crippen LogP contribution is 2.39. The lowest BCUT2D eigenvalue weighted by Gasteiger charge is -2.45. The molecule has 0 aliphatic carbocycles. The smallest absolute Gasteiger partial charge is 0.223 e. The number of rotatable bonds is 1. The van der Waals surface area contributed by atoms with Crippen molar-refractivity contribution >= 4 is 5.91 Å². The van der Waals surface area contributed by atoms with Gasteiger partial charge in [-0.3, -0.25) is 4.79 Å². The quantitative estimate of drug-likeness (QED) is 0.760. The van der Waals surface area contributed by atoms with E-state index in [0.29, 0.717) is 6.42 Å². The second-order valence-electron chi connectivity index (χ2n) is 5.47. The molecule has 2 aliphatic rings. The van der Waals surface area contributed by atoms with Gasteiger partial charge in [0.05, 0.1) is 6.04 Å². The predicted molar refractivity (Wildman–Crippen MR) is 67.4 cm³/mol. The molecule has 2 atom stereocenters. The van der Waals surface area contributed by atoms with Crippen molar-refractivity contribution in [3.63, 3.8) is 0 Å². The van der Waals surface area contributed by atoms with Crippen LogP contribution in [0.15, 0.2) is 18.2 Å². The van der Waals surface area contributed by atoms with Crippen molar-refractivity contribution < 1.29 is 13.6 Å². The molecule has 0 spiro atoms. The third-order valence-corrected chi connectivity index (χ3v) is 4.29. The Kier molecular flexibility index (Phi) is 3.25. The summed E-state index contributed by atoms with van der Waals surface area (Å²) in [5.41, 5.74) is 0.721. The molecule has 19 heavy (non-hydrogen) atoms. The Balaban J connectivity index is 1.93. The Hall–Kier alpha value is -1.45. The van der Waals surface area contributed by atoms with Gasteiger partial charge in [0.15, 0.2) is 11.6 Å². The van der Waals surface area contributed by atoms with Crippen molar-refractivity contribution in [1.82, 2.24) is 4.90 Å². The van der Waals surface area contributed by atoms with E-state index in [0.717, 1.165) is 43.7 Å². The SMILES string of the molecule is O=C1CCC[C@@H]2CCC[C@@H](c3ccc(F)c(F)c3)N12. The highest BCUT2D eigenvalue weighted by molar-refractivity contribution is 5.78. The minimum absolute atomic E-state index is 0.0818. The van der Waals surface area contributed by atoms with Crippen LogP contribution in [-0.2, 0) is 4.79 Å². The van der Waals surface area contributed by atoms with E-state index in [9.17, 15) is 13.6 Å². The molecule has 1 amide bonds. The van der Waals surface area contributed by atoms with Gasteiger partial charge in [0.25, 0.3) is 0 Å². The summed E-state index contributed by atoms with van der Waals surface area (Å²) >= 11 is 0. The molecular formula is C15H17F2NO. The van der Waals surface area contributed by atoms with Crippen molar-refractivity contribution in [1.29, 1.82) is 0 Å². The average Bonchev–Trinajstić information content (AvgIpc) is 2.42. The Morgan fingerprint density at radius 2 is 1.84 bits per heavy atom. The summed E-state index contributed by atoms with van der Waals surface area (Å²) in [4.78, 5) is 14.0. The molecule has 0 saturated carbocycles. The summed E-state index contributed by atoms with van der Waals surface area (Å²) in [6.45, 7) is 0. The number of halogens is 2. The first-order valence-corrected chi connectivity index (χ1v) is 6.93. The van der Waals surface area contributed by atoms with E-state index in [1.165, 1.54) is 6.07 Å². The van der Waals surface area contributed by atoms with Crippen LogP contribution in [0.3, 0.4) is 0 Å². The second-order valence-corrected chi connectivity index (χ2v) is 5.47. The molecule has 2 saturated heterocycles. The maximum absolute atomic E-state index is 13.4. The molecule has 102 valence electrons. The van der Waals surface area contributed by atoms with E-state index in [4.69, 9.17) is 0 Å². The monoisotopic (exact) mass is 265 g/mol. The van der Waals surface area contributed by atoms with Gasteiger partial charge in [-0.05, 0) is 49.8 Å². The number of hydrogen-bond acceptors (Lipinski definition) is 1. The average molecular weight is 265 g/mol. The Morgan fingerprint density at radius 3 is 2.63 bits per heavy atom. The van der Waals surface area contributed by atoms with Crippen molar-refractivity contribution in [2.75, 3.05) is 0 Å². The minimum Gasteiger partial charge on any atom is -0.333 e. The summed E-state index contributed by atoms with van der Waals surface area (Å²) in [7, 11) is 0. The second kappa shape index (κ2) is 4.91. The van der Waals surface area contributed by atoms with Crippen LogP contribution in [0.2, 0.25) is 0 Å². The zero-order valence-corrected chi connectivity index (χ0v) is 10.7. The summed E-state index contributed by atoms with van der Waals surface area (Å²) in [6.07, 6.45) is 5.48. The normalized spacial score (nSPS) is 27.3. The Morgan fingerprint density at radius 1 is 1.05 bits per heavy atom. The van der Waals surface area contributed by atoms with Gasteiger partial charge in [-0.2, -0.15) is 0 Å². The number of carbonyl (C=O) groups is 1. The third-order valence-electron chi connectivity index (χ3n) is 4.29. The topological polar surface area (TPSA) is 20.3 Å². The van der Waals surface area contributed by atoms with E-state index in [2.05, 4.69) is 0 Å². The highest BCUT2D eigenvalue weighted by Gasteiger charge is 2.37. The lowest BCUT2D eigenvalue weighted by Crippen LogP contribution is -2.48. The van der Waals surface area contributed by atoms with Gasteiger partial charge >= 0.3 is 0 Å². The molecular weight excluding hydrogens is 248 g/mol. The fourth-order valence-corrected chi connectivity index (χ4v) is 3.41. The molecule has 0 N–H and O–H groups in total. The molecule has 2 fully saturated rings. The first-order chi connectivity index (χ1) is 9.16. The van der Waals surface area contributed by atoms with Gasteiger partial charge in [0.1, 0.15) is 0 Å². The molecule has 1 aromatic carbocycles. The Bertz CT molecular complexity index is 501. The van der Waals surface area contributed by atoms with E-state index in [1.54, 1.807) is 6.07 Å². The number of fused-ring (bicyclic) bond motifs is 1. The fraction of sp³-hybridized carbons (Fsp3) is 0.533. The molecule has 0 unspecified atom stereocenters. The van der Waals surface area contributed by atoms with Crippen LogP contribution in [0.5, 0.6) is 0 Å². The number of piperidine rings is 2. The number of nitrogens with zero attached hydrogens (tertiary/aromatic N) is 1. The summed E-state index contributed by atoms with van der Waals surface area (Å²) in [5, 5.41) is 0. The molecule has 2 aliphatic heterocycles. The van der Waals surface area contributed by atoms with Crippen LogP contribution < -0.4 is 0 Å². The lowest BCUT2D eigenvalue weighted by molar-refractivity contribution is -0.142. The van der Waals surface area contributed by atoms with Crippen molar-refractivity contribution in [2.45, 2.75) is 50.6 Å². The van der Waals surface area contributed by atoms with Crippen LogP contribution in [0.25, 0.3) is 0 Å². The summed E-state index contributed by atoms with van der Waals surface area (Å²) in [5.74, 6) is -1.50. The van der Waals surface area contributed by atoms with Gasteiger partial charge in [0.2, 0.25) is 5.91 Å². The largest absolute Gasteiger partial charge is 0.333 e. The van der Waals surface area contributed by atoms with Gasteiger partial charge in [-0.25, -0.2) is 8.78 Å². The van der Waals surface area contributed by atoms with E-state index in [-0.39, 0.29) is 18.0 Å². The van der Waals surface area contributed by atoms with Gasteiger partial charge in [-0.15, -0.1) is 0 Å². The van der Waals surface area contributed by atoms with Crippen molar-refractivity contribution in [2.24, 2.45) is 0 Å². The van der Waals surface area contributed by atoms with Crippen LogP contribution >= 0.6 is 0 Å². The van der Waals surface area contributed by atoms with Crippen molar-refractivity contribution in [3.05, 3.63) is 35.4 Å². The number of carbonyl (C=O) groups excluding carboxylic acids is 1. The van der Waals surface area contributed by atoms with Gasteiger partial charge in [-0.1, -0.05) is 6.07 Å². The van der Waals surface area contributed by atoms with Gasteiger partial charge < -0.3 is 4.90 Å². The van der Waals surface area contributed by atoms with Crippen LogP contribution in [-0.4, -0.2) is 16.8 Å². The highest BCUT2D eigenvalue weighted by atomic mass is 19.2. The first-order valence-electron chi connectivity index (χ1n) is 6.93. The zero-order chi connectivity index (χ0) is 13.4. The van der Waals surface area contributed by atoms with Crippen LogP contribution in [0, 0.1) is 11.6 Å². The molecule has 4 heteroatoms. The first kappa shape index (κ1) is 12.6. The maximum Gasteiger partial charge on any atom is 0.223 e. The Labute approximate surface area is 111 Å². The number of hydrogen-bond donors (Lipinski definition) is 0. The third kappa shape index (κ3) is 2.24. The fourth-order valence-electron chi connectivity index (χ4n) is 3.41. The molecule has 2 heterocycles. The summed E-state index contributed by atoms with van der Waals surface area (Å²) < 4.78 is 26.4. The molecule has 0 radical (unpaired) electrons. The van der Waals surface area contributed by atoms with Crippen molar-refractivity contribution in [3.8, 4) is 0 Å². The maximum atomic E-state index is 13.4. The van der Waals surface area contributed by atoms with Crippen LogP contribution in [0.4, 0.5) is 8.78 Å². The summed E-state index contributed by atoms with van der Waals surface area (Å²) in [6, 6.07) is 4.20. The van der Waals surface area contributed by atoms with Crippen LogP contribution in [0.1, 0.15) is 50.1 Å². The minimum atomic E-state index is -0.832. The molecule has 2 nitrogen and oxygen atoms in total. The molecule has 0 aromatic heterocycles. The van der Waals surface area contributed by atoms with E-state index >= 15 is 0 Å². The zero-order valence-electron chi connectivity index (χ0n) is 10.7. The van der Waals surface area contributed by atoms with E-state index < -0.39 is 11.6 Å². The molecule has 3 rings (SSSR count). The van der Waals surface area contributed by atoms with E-state index in [1.807, 2.05) is 4.90 Å². The standard InChI is InChI=1S/C15H17F2NO/c16-12-8-7-10(9-13(12)17)14-5-1-3-11-4-2-6-15(19)18(11)14/h7-9,11,14H,1-6H2/t11-,14-/m0/s1. The number of benzene rings is 1.